The van der Waals surface area contributed by atoms with Gasteiger partial charge < -0.3 is 16.0 Å². The fourth-order valence-electron chi connectivity index (χ4n) is 1.27. The second-order valence-electron chi connectivity index (χ2n) is 3.23. The fourth-order valence-corrected chi connectivity index (χ4v) is 2.31. The third-order valence-electron chi connectivity index (χ3n) is 2.30. The molecule has 0 aromatic carbocycles. The predicted molar refractivity (Wildman–Crippen MR) is 65.8 cm³/mol. The molecular weight excluding hydrogens is 224 g/mol. The number of amides is 1. The van der Waals surface area contributed by atoms with Crippen LogP contribution in [0.5, 0.6) is 0 Å². The number of nitrogens with two attached hydrogens (primary N) is 1. The molecule has 16 heavy (non-hydrogen) atoms. The van der Waals surface area contributed by atoms with Gasteiger partial charge in [-0.15, -0.1) is 11.3 Å². The number of carbonyl (C=O) groups excluding carboxylic acids is 1. The molecule has 5 nitrogen and oxygen atoms in total. The number of nitrogens with one attached hydrogen (secondary N) is 1. The molecule has 1 amide bonds. The Hall–Kier alpha value is -1.74. The summed E-state index contributed by atoms with van der Waals surface area (Å²) in [6.45, 7) is 2.71. The number of carbonyl (C=O) groups is 1. The number of thiophene rings is 1. The SMILES string of the molecule is CCN(C)c1sc(C#N)c(N)c1C(=O)NC. The van der Waals surface area contributed by atoms with E-state index >= 15 is 0 Å². The van der Waals surface area contributed by atoms with Crippen molar-refractivity contribution in [1.82, 2.24) is 5.32 Å². The molecule has 86 valence electrons. The van der Waals surface area contributed by atoms with Gasteiger partial charge in [0.05, 0.1) is 11.3 Å². The lowest BCUT2D eigenvalue weighted by Crippen LogP contribution is -2.23. The van der Waals surface area contributed by atoms with Gasteiger partial charge in [0, 0.05) is 20.6 Å². The van der Waals surface area contributed by atoms with Gasteiger partial charge >= 0.3 is 0 Å². The average Bonchev–Trinajstić information content (AvgIpc) is 2.64. The minimum absolute atomic E-state index is 0.259. The topological polar surface area (TPSA) is 82.2 Å². The Morgan fingerprint density at radius 2 is 2.31 bits per heavy atom. The maximum absolute atomic E-state index is 11.7. The van der Waals surface area contributed by atoms with E-state index in [9.17, 15) is 4.79 Å². The molecule has 1 aromatic heterocycles. The zero-order valence-electron chi connectivity index (χ0n) is 9.50. The molecule has 1 heterocycles. The molecule has 0 atom stereocenters. The summed E-state index contributed by atoms with van der Waals surface area (Å²) < 4.78 is 0. The molecule has 0 aliphatic carbocycles. The number of nitriles is 1. The Balaban J connectivity index is 3.37. The second kappa shape index (κ2) is 4.86. The quantitative estimate of drug-likeness (QED) is 0.823. The highest BCUT2D eigenvalue weighted by Gasteiger charge is 2.22. The van der Waals surface area contributed by atoms with Gasteiger partial charge in [-0.2, -0.15) is 5.26 Å². The summed E-state index contributed by atoms with van der Waals surface area (Å²) in [6.07, 6.45) is 0. The molecular formula is C10H14N4OS. The number of anilines is 2. The fraction of sp³-hybridized carbons (Fsp3) is 0.400. The Kier molecular flexibility index (Phi) is 3.74. The zero-order chi connectivity index (χ0) is 12.3. The largest absolute Gasteiger partial charge is 0.396 e. The van der Waals surface area contributed by atoms with Gasteiger partial charge in [-0.3, -0.25) is 4.79 Å². The molecule has 0 unspecified atom stereocenters. The summed E-state index contributed by atoms with van der Waals surface area (Å²) in [4.78, 5) is 14.0. The van der Waals surface area contributed by atoms with Crippen molar-refractivity contribution >= 4 is 27.9 Å². The summed E-state index contributed by atoms with van der Waals surface area (Å²) in [5.41, 5.74) is 6.45. The van der Waals surface area contributed by atoms with Crippen LogP contribution in [0.1, 0.15) is 22.2 Å². The molecule has 0 spiro atoms. The first kappa shape index (κ1) is 12.3. The molecule has 0 bridgehead atoms. The highest BCUT2D eigenvalue weighted by Crippen LogP contribution is 2.37. The molecule has 0 fully saturated rings. The van der Waals surface area contributed by atoms with E-state index < -0.39 is 0 Å². The first-order chi connectivity index (χ1) is 7.56. The van der Waals surface area contributed by atoms with Crippen LogP contribution < -0.4 is 16.0 Å². The van der Waals surface area contributed by atoms with Crippen LogP contribution in [0.4, 0.5) is 10.7 Å². The highest BCUT2D eigenvalue weighted by atomic mass is 32.1. The Labute approximate surface area is 98.5 Å². The Bertz CT molecular complexity index is 446. The van der Waals surface area contributed by atoms with Gasteiger partial charge in [0.25, 0.3) is 5.91 Å². The zero-order valence-corrected chi connectivity index (χ0v) is 10.3. The van der Waals surface area contributed by atoms with Crippen LogP contribution in [0, 0.1) is 11.3 Å². The molecule has 1 rings (SSSR count). The van der Waals surface area contributed by atoms with Crippen LogP contribution in [0.25, 0.3) is 0 Å². The van der Waals surface area contributed by atoms with Crippen molar-refractivity contribution in [3.05, 3.63) is 10.4 Å². The van der Waals surface area contributed by atoms with Gasteiger partial charge in [-0.05, 0) is 6.92 Å². The summed E-state index contributed by atoms with van der Waals surface area (Å²) >= 11 is 1.24. The minimum Gasteiger partial charge on any atom is -0.396 e. The van der Waals surface area contributed by atoms with E-state index in [0.29, 0.717) is 10.4 Å². The minimum atomic E-state index is -0.259. The molecule has 0 saturated carbocycles. The average molecular weight is 238 g/mol. The van der Waals surface area contributed by atoms with E-state index in [4.69, 9.17) is 11.0 Å². The summed E-state index contributed by atoms with van der Waals surface area (Å²) in [5.74, 6) is -0.259. The highest BCUT2D eigenvalue weighted by molar-refractivity contribution is 7.17. The van der Waals surface area contributed by atoms with E-state index in [1.165, 1.54) is 11.3 Å². The van der Waals surface area contributed by atoms with Crippen molar-refractivity contribution < 1.29 is 4.79 Å². The number of hydrogen-bond donors (Lipinski definition) is 2. The Morgan fingerprint density at radius 3 is 2.75 bits per heavy atom. The lowest BCUT2D eigenvalue weighted by Gasteiger charge is -2.16. The normalized spacial score (nSPS) is 9.62. The summed E-state index contributed by atoms with van der Waals surface area (Å²) in [7, 11) is 3.40. The van der Waals surface area contributed by atoms with Crippen LogP contribution in [-0.2, 0) is 0 Å². The maximum atomic E-state index is 11.7. The molecule has 0 radical (unpaired) electrons. The first-order valence-corrected chi connectivity index (χ1v) is 5.64. The second-order valence-corrected chi connectivity index (χ2v) is 4.23. The van der Waals surface area contributed by atoms with Crippen molar-refractivity contribution in [2.45, 2.75) is 6.92 Å². The Morgan fingerprint density at radius 1 is 1.69 bits per heavy atom. The third-order valence-corrected chi connectivity index (χ3v) is 3.53. The van der Waals surface area contributed by atoms with E-state index in [-0.39, 0.29) is 11.6 Å². The molecule has 6 heteroatoms. The first-order valence-electron chi connectivity index (χ1n) is 4.82. The van der Waals surface area contributed by atoms with Crippen molar-refractivity contribution in [3.63, 3.8) is 0 Å². The van der Waals surface area contributed by atoms with E-state index in [1.54, 1.807) is 7.05 Å². The van der Waals surface area contributed by atoms with Crippen LogP contribution >= 0.6 is 11.3 Å². The molecule has 1 aromatic rings. The van der Waals surface area contributed by atoms with Crippen LogP contribution in [0.3, 0.4) is 0 Å². The third kappa shape index (κ3) is 1.95. The number of rotatable bonds is 3. The monoisotopic (exact) mass is 238 g/mol. The van der Waals surface area contributed by atoms with Crippen molar-refractivity contribution in [3.8, 4) is 6.07 Å². The molecule has 0 aliphatic rings. The molecule has 0 aliphatic heterocycles. The smallest absolute Gasteiger partial charge is 0.256 e. The number of nitrogen functional groups attached to an aromatic ring is 1. The summed E-state index contributed by atoms with van der Waals surface area (Å²) in [5, 5.41) is 12.2. The lowest BCUT2D eigenvalue weighted by molar-refractivity contribution is 0.0965. The maximum Gasteiger partial charge on any atom is 0.256 e. The van der Waals surface area contributed by atoms with E-state index in [0.717, 1.165) is 11.5 Å². The van der Waals surface area contributed by atoms with E-state index in [1.807, 2.05) is 24.9 Å². The standard InChI is InChI=1S/C10H14N4OS/c1-4-14(3)10-7(9(15)13-2)8(12)6(5-11)16-10/h4,12H2,1-3H3,(H,13,15). The van der Waals surface area contributed by atoms with Gasteiger partial charge in [-0.1, -0.05) is 0 Å². The molecule has 0 saturated heterocycles. The van der Waals surface area contributed by atoms with Crippen LogP contribution in [-0.4, -0.2) is 26.5 Å². The van der Waals surface area contributed by atoms with Crippen molar-refractivity contribution in [1.29, 1.82) is 5.26 Å². The number of hydrogen-bond acceptors (Lipinski definition) is 5. The van der Waals surface area contributed by atoms with Gasteiger partial charge in [0.2, 0.25) is 0 Å². The van der Waals surface area contributed by atoms with Gasteiger partial charge in [-0.25, -0.2) is 0 Å². The van der Waals surface area contributed by atoms with E-state index in [2.05, 4.69) is 5.32 Å². The van der Waals surface area contributed by atoms with Crippen molar-refractivity contribution in [2.75, 3.05) is 31.3 Å². The van der Waals surface area contributed by atoms with Crippen LogP contribution in [0.15, 0.2) is 0 Å². The molecule has 3 N–H and O–H groups in total. The van der Waals surface area contributed by atoms with Gasteiger partial charge in [0.15, 0.2) is 0 Å². The lowest BCUT2D eigenvalue weighted by atomic mass is 10.2. The number of nitrogens with zero attached hydrogens (tertiary/aromatic N) is 2. The van der Waals surface area contributed by atoms with Crippen molar-refractivity contribution in [2.24, 2.45) is 0 Å². The summed E-state index contributed by atoms with van der Waals surface area (Å²) in [6, 6.07) is 2.00. The van der Waals surface area contributed by atoms with Crippen LogP contribution in [0.2, 0.25) is 0 Å². The van der Waals surface area contributed by atoms with Gasteiger partial charge in [0.1, 0.15) is 15.9 Å². The predicted octanol–water partition coefficient (Wildman–Crippen LogP) is 1.02.